The number of hydrogen-bond donors (Lipinski definition) is 2. The van der Waals surface area contributed by atoms with Gasteiger partial charge in [-0.1, -0.05) is 30.3 Å². The minimum absolute atomic E-state index is 0.0165. The number of alkyl halides is 3. The summed E-state index contributed by atoms with van der Waals surface area (Å²) in [5, 5.41) is 2.42. The first-order valence-corrected chi connectivity index (χ1v) is 14.3. The van der Waals surface area contributed by atoms with Gasteiger partial charge in [-0.05, 0) is 47.4 Å². The number of amides is 3. The fraction of sp³-hybridized carbons (Fsp3) is 0.303. The summed E-state index contributed by atoms with van der Waals surface area (Å²) in [5.74, 6) is -3.83. The van der Waals surface area contributed by atoms with Crippen LogP contribution in [0.15, 0.2) is 54.6 Å². The topological polar surface area (TPSA) is 119 Å². The number of nitrogens with one attached hydrogen (secondary N) is 2. The van der Waals surface area contributed by atoms with Crippen LogP contribution in [0.5, 0.6) is 23.0 Å². The number of H-pyrrole nitrogens is 1. The number of nitrogens with zero attached hydrogens (tertiary/aromatic N) is 1. The van der Waals surface area contributed by atoms with Crippen molar-refractivity contribution in [1.29, 1.82) is 0 Å². The van der Waals surface area contributed by atoms with Crippen LogP contribution in [0.3, 0.4) is 0 Å². The van der Waals surface area contributed by atoms with Crippen LogP contribution in [-0.4, -0.2) is 62.2 Å². The molecule has 10 nitrogen and oxygen atoms in total. The third-order valence-electron chi connectivity index (χ3n) is 8.63. The number of halogens is 3. The minimum atomic E-state index is -5.13. The van der Waals surface area contributed by atoms with Crippen molar-refractivity contribution in [3.8, 4) is 23.0 Å². The summed E-state index contributed by atoms with van der Waals surface area (Å²) in [7, 11) is 5.72. The molecular formula is C33H30F3N3O7. The summed E-state index contributed by atoms with van der Waals surface area (Å²) < 4.78 is 61.5. The number of benzene rings is 3. The molecule has 240 valence electrons. The van der Waals surface area contributed by atoms with E-state index in [9.17, 15) is 27.6 Å². The molecule has 2 aliphatic rings. The average Bonchev–Trinajstić information content (AvgIpc) is 3.53. The second kappa shape index (κ2) is 11.6. The Morgan fingerprint density at radius 1 is 0.913 bits per heavy atom. The van der Waals surface area contributed by atoms with E-state index >= 15 is 0 Å². The lowest BCUT2D eigenvalue weighted by Crippen LogP contribution is -2.30. The predicted molar refractivity (Wildman–Crippen MR) is 160 cm³/mol. The first kappa shape index (κ1) is 30.8. The van der Waals surface area contributed by atoms with E-state index in [4.69, 9.17) is 18.9 Å². The molecule has 3 atom stereocenters. The number of carbonyl (C=O) groups is 3. The molecule has 3 aromatic carbocycles. The Labute approximate surface area is 261 Å². The van der Waals surface area contributed by atoms with Gasteiger partial charge >= 0.3 is 12.1 Å². The summed E-state index contributed by atoms with van der Waals surface area (Å²) in [6, 6.07) is 15.6. The zero-order chi connectivity index (χ0) is 32.9. The van der Waals surface area contributed by atoms with Crippen molar-refractivity contribution < 1.29 is 46.5 Å². The third-order valence-corrected chi connectivity index (χ3v) is 8.63. The number of anilines is 1. The van der Waals surface area contributed by atoms with Crippen LogP contribution < -0.4 is 24.3 Å². The summed E-state index contributed by atoms with van der Waals surface area (Å²) in [5.41, 5.74) is 2.75. The van der Waals surface area contributed by atoms with Gasteiger partial charge in [0.1, 0.15) is 5.75 Å². The van der Waals surface area contributed by atoms with Gasteiger partial charge < -0.3 is 29.2 Å². The largest absolute Gasteiger partial charge is 0.495 e. The molecule has 0 saturated carbocycles. The predicted octanol–water partition coefficient (Wildman–Crippen LogP) is 5.51. The van der Waals surface area contributed by atoms with Gasteiger partial charge in [0.25, 0.3) is 0 Å². The Balaban J connectivity index is 1.54. The molecule has 1 aromatic heterocycles. The zero-order valence-electron chi connectivity index (χ0n) is 25.3. The molecule has 1 aliphatic carbocycles. The summed E-state index contributed by atoms with van der Waals surface area (Å²) in [6.07, 6.45) is -4.88. The van der Waals surface area contributed by atoms with Crippen molar-refractivity contribution in [2.45, 2.75) is 31.0 Å². The van der Waals surface area contributed by atoms with E-state index in [0.717, 1.165) is 5.56 Å². The minimum Gasteiger partial charge on any atom is -0.495 e. The van der Waals surface area contributed by atoms with Gasteiger partial charge in [-0.15, -0.1) is 0 Å². The maximum Gasteiger partial charge on any atom is 0.471 e. The van der Waals surface area contributed by atoms with Gasteiger partial charge in [-0.3, -0.25) is 19.3 Å². The van der Waals surface area contributed by atoms with Crippen LogP contribution in [0.4, 0.5) is 18.9 Å². The quantitative estimate of drug-likeness (QED) is 0.245. The number of rotatable bonds is 8. The molecule has 46 heavy (non-hydrogen) atoms. The first-order valence-electron chi connectivity index (χ1n) is 14.3. The van der Waals surface area contributed by atoms with Gasteiger partial charge in [-0.25, -0.2) is 0 Å². The molecule has 3 amide bonds. The highest BCUT2D eigenvalue weighted by Crippen LogP contribution is 2.54. The lowest BCUT2D eigenvalue weighted by molar-refractivity contribution is -0.167. The Morgan fingerprint density at radius 2 is 1.57 bits per heavy atom. The molecule has 2 N–H and O–H groups in total. The van der Waals surface area contributed by atoms with E-state index in [1.807, 2.05) is 35.6 Å². The second-order valence-corrected chi connectivity index (χ2v) is 11.1. The molecular weight excluding hydrogens is 607 g/mol. The molecule has 2 heterocycles. The lowest BCUT2D eigenvalue weighted by Gasteiger charge is -2.30. The standard InChI is InChI=1S/C33H30F3N3O7/c1-43-23-13-19-21(14-22(23)38-32(42)33(34,35)36)37-28-26(19)18(17-10-24(44-2)29(46-4)25(11-17)45-3)12-20-27(28)31(41)39(30(20)40)15-16-8-6-5-7-9-16/h5-11,13-14,18,20,27,37H,12,15H2,1-4H3,(H,38,42)/t18-,20-,27-/m1/s1. The first-order chi connectivity index (χ1) is 22.0. The van der Waals surface area contributed by atoms with Crippen molar-refractivity contribution in [2.75, 3.05) is 33.8 Å². The third kappa shape index (κ3) is 5.05. The monoisotopic (exact) mass is 637 g/mol. The van der Waals surface area contributed by atoms with E-state index in [2.05, 4.69) is 4.98 Å². The molecule has 1 aliphatic heterocycles. The fourth-order valence-electron chi connectivity index (χ4n) is 6.60. The Hall–Kier alpha value is -5.20. The number of carbonyl (C=O) groups excluding carboxylic acids is 3. The average molecular weight is 638 g/mol. The van der Waals surface area contributed by atoms with E-state index in [1.165, 1.54) is 45.5 Å². The molecule has 4 aromatic rings. The van der Waals surface area contributed by atoms with Crippen molar-refractivity contribution in [3.05, 3.63) is 77.0 Å². The number of aromatic nitrogens is 1. The number of imide groups is 1. The SMILES string of the molecule is COc1cc2c3c([nH]c2cc1NC(=O)C(F)(F)F)[C@@H]1C(=O)N(Cc2ccccc2)C(=O)[C@@H]1C[C@@H]3c1cc(OC)c(OC)c(OC)c1. The van der Waals surface area contributed by atoms with Crippen LogP contribution >= 0.6 is 0 Å². The van der Waals surface area contributed by atoms with Crippen molar-refractivity contribution in [3.63, 3.8) is 0 Å². The summed E-state index contributed by atoms with van der Waals surface area (Å²) in [4.78, 5) is 44.2. The van der Waals surface area contributed by atoms with Crippen molar-refractivity contribution in [2.24, 2.45) is 5.92 Å². The van der Waals surface area contributed by atoms with E-state index in [1.54, 1.807) is 12.1 Å². The number of methoxy groups -OCH3 is 4. The molecule has 1 saturated heterocycles. The summed E-state index contributed by atoms with van der Waals surface area (Å²) >= 11 is 0. The normalized spacial score (nSPS) is 19.1. The van der Waals surface area contributed by atoms with Gasteiger partial charge in [-0.2, -0.15) is 13.2 Å². The van der Waals surface area contributed by atoms with Gasteiger partial charge in [0.05, 0.1) is 52.5 Å². The van der Waals surface area contributed by atoms with E-state index < -0.39 is 29.8 Å². The second-order valence-electron chi connectivity index (χ2n) is 11.1. The molecule has 0 unspecified atom stereocenters. The number of fused-ring (bicyclic) bond motifs is 5. The molecule has 13 heteroatoms. The van der Waals surface area contributed by atoms with Crippen LogP contribution in [-0.2, 0) is 20.9 Å². The van der Waals surface area contributed by atoms with Gasteiger partial charge in [0.15, 0.2) is 11.5 Å². The van der Waals surface area contributed by atoms with Crippen molar-refractivity contribution >= 4 is 34.3 Å². The highest BCUT2D eigenvalue weighted by molar-refractivity contribution is 6.09. The Bertz CT molecular complexity index is 1830. The highest BCUT2D eigenvalue weighted by atomic mass is 19.4. The fourth-order valence-corrected chi connectivity index (χ4v) is 6.60. The van der Waals surface area contributed by atoms with Crippen LogP contribution in [0.25, 0.3) is 10.9 Å². The lowest BCUT2D eigenvalue weighted by atomic mass is 9.71. The molecule has 0 radical (unpaired) electrons. The molecule has 0 spiro atoms. The van der Waals surface area contributed by atoms with Crippen molar-refractivity contribution in [1.82, 2.24) is 9.88 Å². The smallest absolute Gasteiger partial charge is 0.471 e. The summed E-state index contributed by atoms with van der Waals surface area (Å²) in [6.45, 7) is 0.0946. The maximum atomic E-state index is 14.0. The number of hydrogen-bond acceptors (Lipinski definition) is 7. The highest BCUT2D eigenvalue weighted by Gasteiger charge is 2.54. The maximum absolute atomic E-state index is 14.0. The van der Waals surface area contributed by atoms with Crippen LogP contribution in [0, 0.1) is 5.92 Å². The van der Waals surface area contributed by atoms with Gasteiger partial charge in [0.2, 0.25) is 17.6 Å². The zero-order valence-corrected chi connectivity index (χ0v) is 25.3. The Morgan fingerprint density at radius 3 is 2.15 bits per heavy atom. The molecule has 0 bridgehead atoms. The molecule has 1 fully saturated rings. The number of ether oxygens (including phenoxy) is 4. The molecule has 6 rings (SSSR count). The van der Waals surface area contributed by atoms with Gasteiger partial charge in [0, 0.05) is 22.5 Å². The Kier molecular flexibility index (Phi) is 7.78. The van der Waals surface area contributed by atoms with E-state index in [0.29, 0.717) is 45.0 Å². The van der Waals surface area contributed by atoms with E-state index in [-0.39, 0.29) is 36.2 Å². The number of likely N-dealkylation sites (tertiary alicyclic amines) is 1. The number of aromatic amines is 1. The van der Waals surface area contributed by atoms with Crippen LogP contribution in [0.1, 0.15) is 40.6 Å². The van der Waals surface area contributed by atoms with Crippen LogP contribution in [0.2, 0.25) is 0 Å².